The third-order valence-corrected chi connectivity index (χ3v) is 6.66. The Morgan fingerprint density at radius 2 is 1.63 bits per heavy atom. The Kier molecular flexibility index (Phi) is 11.3. The molecule has 8 heteroatoms. The third-order valence-electron chi connectivity index (χ3n) is 6.42. The van der Waals surface area contributed by atoms with E-state index < -0.39 is 29.1 Å². The number of nitrogens with one attached hydrogen (secondary N) is 1. The van der Waals surface area contributed by atoms with Gasteiger partial charge in [0, 0.05) is 23.2 Å². The normalized spacial score (nSPS) is 13.6. The Balaban J connectivity index is 1.83. The van der Waals surface area contributed by atoms with E-state index in [2.05, 4.69) is 5.32 Å². The molecule has 3 rings (SSSR count). The molecule has 0 aliphatic carbocycles. The summed E-state index contributed by atoms with van der Waals surface area (Å²) in [6.07, 6.45) is 0.0481. The average Bonchev–Trinajstić information content (AvgIpc) is 2.92. The largest absolute Gasteiger partial charge is 0.460 e. The van der Waals surface area contributed by atoms with Crippen LogP contribution in [-0.2, 0) is 32.0 Å². The van der Waals surface area contributed by atoms with Crippen LogP contribution >= 0.6 is 11.6 Å². The standard InChI is InChI=1S/C33H39ClFNO5/c1-6-39-22-33(5,30(37)40-21-24-10-8-7-9-11-24)20-27(36-31(38)41-32(2,3)4)18-23-12-14-25(15-13-23)28-19-26(34)16-17-29(28)35/h7-17,19,27H,6,18,20-22H2,1-5H3,(H,36,38). The van der Waals surface area contributed by atoms with Crippen LogP contribution in [-0.4, -0.2) is 36.9 Å². The highest BCUT2D eigenvalue weighted by Crippen LogP contribution is 2.30. The van der Waals surface area contributed by atoms with Crippen molar-refractivity contribution in [2.45, 2.75) is 65.7 Å². The number of esters is 1. The van der Waals surface area contributed by atoms with Crippen LogP contribution in [0.3, 0.4) is 0 Å². The second-order valence-corrected chi connectivity index (χ2v) is 11.8. The smallest absolute Gasteiger partial charge is 0.407 e. The molecule has 0 radical (unpaired) electrons. The molecule has 6 nitrogen and oxygen atoms in total. The number of rotatable bonds is 12. The predicted octanol–water partition coefficient (Wildman–Crippen LogP) is 7.76. The quantitative estimate of drug-likeness (QED) is 0.221. The first kappa shape index (κ1) is 32.1. The summed E-state index contributed by atoms with van der Waals surface area (Å²) >= 11 is 6.07. The molecule has 3 aromatic rings. The van der Waals surface area contributed by atoms with E-state index >= 15 is 0 Å². The number of alkyl carbamates (subject to hydrolysis) is 1. The van der Waals surface area contributed by atoms with Crippen LogP contribution in [0, 0.1) is 11.2 Å². The highest BCUT2D eigenvalue weighted by Gasteiger charge is 2.39. The number of carbonyl (C=O) groups excluding carboxylic acids is 2. The van der Waals surface area contributed by atoms with Gasteiger partial charge in [-0.1, -0.05) is 66.2 Å². The second-order valence-electron chi connectivity index (χ2n) is 11.3. The summed E-state index contributed by atoms with van der Waals surface area (Å²) in [7, 11) is 0. The molecule has 0 saturated carbocycles. The van der Waals surface area contributed by atoms with Gasteiger partial charge < -0.3 is 19.5 Å². The van der Waals surface area contributed by atoms with Crippen LogP contribution in [0.25, 0.3) is 11.1 Å². The van der Waals surface area contributed by atoms with Gasteiger partial charge in [0.05, 0.1) is 12.0 Å². The predicted molar refractivity (Wildman–Crippen MR) is 159 cm³/mol. The van der Waals surface area contributed by atoms with Crippen LogP contribution in [0.5, 0.6) is 0 Å². The lowest BCUT2D eigenvalue weighted by Crippen LogP contribution is -2.46. The summed E-state index contributed by atoms with van der Waals surface area (Å²) < 4.78 is 31.3. The Hall–Kier alpha value is -3.42. The number of carbonyl (C=O) groups is 2. The van der Waals surface area contributed by atoms with E-state index in [0.717, 1.165) is 11.1 Å². The van der Waals surface area contributed by atoms with Gasteiger partial charge in [0.1, 0.15) is 18.0 Å². The maximum absolute atomic E-state index is 14.4. The highest BCUT2D eigenvalue weighted by molar-refractivity contribution is 6.30. The lowest BCUT2D eigenvalue weighted by molar-refractivity contribution is -0.161. The Labute approximate surface area is 247 Å². The van der Waals surface area contributed by atoms with Gasteiger partial charge in [0.15, 0.2) is 0 Å². The molecule has 0 spiro atoms. The molecule has 0 saturated heterocycles. The monoisotopic (exact) mass is 583 g/mol. The molecule has 0 aromatic heterocycles. The molecule has 1 N–H and O–H groups in total. The van der Waals surface area contributed by atoms with Gasteiger partial charge in [0.25, 0.3) is 0 Å². The van der Waals surface area contributed by atoms with Crippen molar-refractivity contribution in [3.63, 3.8) is 0 Å². The molecule has 0 aliphatic heterocycles. The Morgan fingerprint density at radius 3 is 2.27 bits per heavy atom. The van der Waals surface area contributed by atoms with Gasteiger partial charge in [-0.15, -0.1) is 0 Å². The minimum Gasteiger partial charge on any atom is -0.460 e. The van der Waals surface area contributed by atoms with Crippen molar-refractivity contribution in [1.29, 1.82) is 0 Å². The summed E-state index contributed by atoms with van der Waals surface area (Å²) in [5.41, 5.74) is 1.09. The SMILES string of the molecule is CCOCC(C)(CC(Cc1ccc(-c2cc(Cl)ccc2F)cc1)NC(=O)OC(C)(C)C)C(=O)OCc1ccccc1. The topological polar surface area (TPSA) is 73.9 Å². The molecule has 1 amide bonds. The maximum Gasteiger partial charge on any atom is 0.407 e. The van der Waals surface area contributed by atoms with E-state index in [9.17, 15) is 14.0 Å². The van der Waals surface area contributed by atoms with Crippen molar-refractivity contribution < 1.29 is 28.2 Å². The minimum atomic E-state index is -1.05. The highest BCUT2D eigenvalue weighted by atomic mass is 35.5. The molecular formula is C33H39ClFNO5. The molecule has 41 heavy (non-hydrogen) atoms. The first-order valence-corrected chi connectivity index (χ1v) is 14.1. The van der Waals surface area contributed by atoms with E-state index in [1.807, 2.05) is 61.5 Å². The first-order chi connectivity index (χ1) is 19.4. The van der Waals surface area contributed by atoms with Crippen LogP contribution in [0.1, 0.15) is 52.2 Å². The summed E-state index contributed by atoms with van der Waals surface area (Å²) in [6.45, 7) is 9.68. The van der Waals surface area contributed by atoms with Crippen LogP contribution in [0.2, 0.25) is 5.02 Å². The first-order valence-electron chi connectivity index (χ1n) is 13.7. The van der Waals surface area contributed by atoms with Crippen molar-refractivity contribution in [2.75, 3.05) is 13.2 Å². The molecule has 0 bridgehead atoms. The Morgan fingerprint density at radius 1 is 0.951 bits per heavy atom. The summed E-state index contributed by atoms with van der Waals surface area (Å²) in [5, 5.41) is 3.39. The third kappa shape index (κ3) is 10.2. The number of benzene rings is 3. The van der Waals surface area contributed by atoms with E-state index in [0.29, 0.717) is 29.2 Å². The van der Waals surface area contributed by atoms with E-state index in [-0.39, 0.29) is 25.5 Å². The molecule has 0 aliphatic rings. The fourth-order valence-electron chi connectivity index (χ4n) is 4.44. The summed E-state index contributed by atoms with van der Waals surface area (Å²) in [5.74, 6) is -0.787. The number of ether oxygens (including phenoxy) is 3. The number of hydrogen-bond donors (Lipinski definition) is 1. The van der Waals surface area contributed by atoms with Gasteiger partial charge in [0.2, 0.25) is 0 Å². The number of halogens is 2. The fourth-order valence-corrected chi connectivity index (χ4v) is 4.61. The average molecular weight is 584 g/mol. The van der Waals surface area contributed by atoms with E-state index in [4.69, 9.17) is 25.8 Å². The summed E-state index contributed by atoms with van der Waals surface area (Å²) in [6, 6.07) is 20.7. The molecule has 2 atom stereocenters. The molecular weight excluding hydrogens is 545 g/mol. The van der Waals surface area contributed by atoms with Gasteiger partial charge in [-0.25, -0.2) is 9.18 Å². The zero-order chi connectivity index (χ0) is 30.0. The zero-order valence-corrected chi connectivity index (χ0v) is 25.1. The lowest BCUT2D eigenvalue weighted by Gasteiger charge is -2.32. The van der Waals surface area contributed by atoms with Crippen molar-refractivity contribution in [3.05, 3.63) is 94.8 Å². The maximum atomic E-state index is 14.4. The zero-order valence-electron chi connectivity index (χ0n) is 24.3. The van der Waals surface area contributed by atoms with Gasteiger partial charge in [-0.2, -0.15) is 0 Å². The van der Waals surface area contributed by atoms with Crippen LogP contribution in [0.4, 0.5) is 9.18 Å². The molecule has 0 fully saturated rings. The molecule has 0 heterocycles. The Bertz CT molecular complexity index is 1290. The number of amides is 1. The lowest BCUT2D eigenvalue weighted by atomic mass is 9.82. The van der Waals surface area contributed by atoms with Gasteiger partial charge in [-0.05, 0) is 82.3 Å². The second kappa shape index (κ2) is 14.5. The van der Waals surface area contributed by atoms with Crippen LogP contribution < -0.4 is 5.32 Å². The number of hydrogen-bond acceptors (Lipinski definition) is 5. The van der Waals surface area contributed by atoms with Crippen molar-refractivity contribution >= 4 is 23.7 Å². The van der Waals surface area contributed by atoms with E-state index in [1.165, 1.54) is 12.1 Å². The summed E-state index contributed by atoms with van der Waals surface area (Å²) in [4.78, 5) is 26.2. The van der Waals surface area contributed by atoms with Gasteiger partial charge in [-0.3, -0.25) is 4.79 Å². The van der Waals surface area contributed by atoms with Crippen LogP contribution in [0.15, 0.2) is 72.8 Å². The minimum absolute atomic E-state index is 0.122. The fraction of sp³-hybridized carbons (Fsp3) is 0.394. The van der Waals surface area contributed by atoms with Crippen molar-refractivity contribution in [2.24, 2.45) is 5.41 Å². The molecule has 3 aromatic carbocycles. The van der Waals surface area contributed by atoms with Crippen molar-refractivity contribution in [3.8, 4) is 11.1 Å². The molecule has 220 valence electrons. The van der Waals surface area contributed by atoms with Crippen molar-refractivity contribution in [1.82, 2.24) is 5.32 Å². The van der Waals surface area contributed by atoms with E-state index in [1.54, 1.807) is 33.8 Å². The molecule has 2 unspecified atom stereocenters. The van der Waals surface area contributed by atoms with Gasteiger partial charge >= 0.3 is 12.1 Å².